The molecule has 2 bridgehead atoms. The van der Waals surface area contributed by atoms with Gasteiger partial charge in [0, 0.05) is 6.42 Å². The minimum absolute atomic E-state index is 0.0215. The number of ether oxygens (including phenoxy) is 2. The fourth-order valence-corrected chi connectivity index (χ4v) is 4.51. The minimum Gasteiger partial charge on any atom is -0.390 e. The largest absolute Gasteiger partial charge is 0.390 e. The highest BCUT2D eigenvalue weighted by molar-refractivity contribution is 5.10. The number of rotatable bonds is 1. The molecule has 0 aliphatic carbocycles. The van der Waals surface area contributed by atoms with Gasteiger partial charge in [-0.2, -0.15) is 0 Å². The van der Waals surface area contributed by atoms with Crippen LogP contribution in [0.3, 0.4) is 0 Å². The van der Waals surface area contributed by atoms with Crippen LogP contribution in [-0.2, 0) is 9.47 Å². The molecule has 1 N–H and O–H groups in total. The molecule has 132 valence electrons. The summed E-state index contributed by atoms with van der Waals surface area (Å²) in [7, 11) is 0. The highest BCUT2D eigenvalue weighted by Crippen LogP contribution is 2.53. The topological polar surface area (TPSA) is 42.0 Å². The highest BCUT2D eigenvalue weighted by Gasteiger charge is 2.59. The van der Waals surface area contributed by atoms with Gasteiger partial charge in [0.1, 0.15) is 0 Å². The molecule has 0 amide bonds. The molecule has 3 heterocycles. The first-order chi connectivity index (χ1) is 10.7. The van der Waals surface area contributed by atoms with Gasteiger partial charge in [0.15, 0.2) is 0 Å². The Kier molecular flexibility index (Phi) is 4.44. The Hall–Kier alpha value is -0.380. The average Bonchev–Trinajstić information content (AvgIpc) is 2.94. The van der Waals surface area contributed by atoms with Crippen molar-refractivity contribution in [3.63, 3.8) is 0 Å². The minimum atomic E-state index is -0.413. The lowest BCUT2D eigenvalue weighted by Crippen LogP contribution is -2.45. The number of hydrogen-bond donors (Lipinski definition) is 1. The van der Waals surface area contributed by atoms with Crippen LogP contribution in [0.15, 0.2) is 11.6 Å². The van der Waals surface area contributed by atoms with E-state index in [9.17, 15) is 5.11 Å². The van der Waals surface area contributed by atoms with Crippen molar-refractivity contribution in [1.29, 1.82) is 0 Å². The van der Waals surface area contributed by atoms with Crippen LogP contribution in [0.4, 0.5) is 0 Å². The van der Waals surface area contributed by atoms with E-state index in [2.05, 4.69) is 40.7 Å². The van der Waals surface area contributed by atoms with Gasteiger partial charge in [0.2, 0.25) is 0 Å². The van der Waals surface area contributed by atoms with E-state index in [1.807, 2.05) is 0 Å². The molecule has 2 saturated heterocycles. The summed E-state index contributed by atoms with van der Waals surface area (Å²) in [4.78, 5) is 0. The monoisotopic (exact) mass is 322 g/mol. The molecular weight excluding hydrogens is 288 g/mol. The van der Waals surface area contributed by atoms with Crippen molar-refractivity contribution in [1.82, 2.24) is 0 Å². The third-order valence-electron chi connectivity index (χ3n) is 6.75. The number of allylic oxidation sites excluding steroid dienone is 2. The maximum Gasteiger partial charge on any atom is 0.0924 e. The maximum atomic E-state index is 10.8. The van der Waals surface area contributed by atoms with Crippen LogP contribution in [0.2, 0.25) is 0 Å². The number of aliphatic hydroxyl groups excluding tert-OH is 1. The zero-order valence-electron chi connectivity index (χ0n) is 15.5. The van der Waals surface area contributed by atoms with Gasteiger partial charge >= 0.3 is 0 Å². The Bertz CT molecular complexity index is 485. The van der Waals surface area contributed by atoms with Crippen LogP contribution in [0.1, 0.15) is 79.6 Å². The van der Waals surface area contributed by atoms with Crippen molar-refractivity contribution in [3.05, 3.63) is 11.6 Å². The van der Waals surface area contributed by atoms with E-state index in [1.165, 1.54) is 5.57 Å². The zero-order valence-corrected chi connectivity index (χ0v) is 15.5. The summed E-state index contributed by atoms with van der Waals surface area (Å²) in [5.74, 6) is 0.440. The molecule has 0 aromatic rings. The molecule has 5 unspecified atom stereocenters. The van der Waals surface area contributed by atoms with Crippen LogP contribution >= 0.6 is 0 Å². The molecule has 3 aliphatic rings. The SMILES string of the molecule is C/C1=C/CCC2(C)OC2CC2(C(C)C)CCC(C)(O2)C(O)CC1. The van der Waals surface area contributed by atoms with E-state index in [0.29, 0.717) is 12.0 Å². The van der Waals surface area contributed by atoms with E-state index in [1.54, 1.807) is 0 Å². The predicted molar refractivity (Wildman–Crippen MR) is 92.4 cm³/mol. The van der Waals surface area contributed by atoms with Crippen molar-refractivity contribution >= 4 is 0 Å². The van der Waals surface area contributed by atoms with E-state index in [4.69, 9.17) is 9.47 Å². The number of hydrogen-bond acceptors (Lipinski definition) is 3. The van der Waals surface area contributed by atoms with Crippen molar-refractivity contribution in [3.8, 4) is 0 Å². The molecule has 3 aliphatic heterocycles. The van der Waals surface area contributed by atoms with Crippen molar-refractivity contribution in [2.75, 3.05) is 0 Å². The standard InChI is InChI=1S/C20H34O3/c1-14(2)20-12-11-18(4,23-20)16(21)9-8-15(3)7-6-10-19(5)17(13-20)22-19/h7,14,16-17,21H,6,8-13H2,1-5H3/b15-7-. The fourth-order valence-electron chi connectivity index (χ4n) is 4.51. The highest BCUT2D eigenvalue weighted by atomic mass is 16.6. The van der Waals surface area contributed by atoms with Gasteiger partial charge in [-0.05, 0) is 65.2 Å². The van der Waals surface area contributed by atoms with Crippen LogP contribution < -0.4 is 0 Å². The van der Waals surface area contributed by atoms with E-state index < -0.39 is 11.7 Å². The van der Waals surface area contributed by atoms with Crippen molar-refractivity contribution < 1.29 is 14.6 Å². The van der Waals surface area contributed by atoms with Gasteiger partial charge in [-0.15, -0.1) is 0 Å². The average molecular weight is 322 g/mol. The van der Waals surface area contributed by atoms with Crippen molar-refractivity contribution in [2.45, 2.75) is 109 Å². The molecule has 0 aromatic heterocycles. The Labute approximate surface area is 141 Å². The molecule has 0 aromatic carbocycles. The summed E-state index contributed by atoms with van der Waals surface area (Å²) in [6.07, 6.45) is 9.09. The molecule has 0 spiro atoms. The Morgan fingerprint density at radius 2 is 1.91 bits per heavy atom. The maximum absolute atomic E-state index is 10.8. The first-order valence-electron chi connectivity index (χ1n) is 9.41. The second-order valence-corrected chi connectivity index (χ2v) is 8.90. The van der Waals surface area contributed by atoms with Crippen LogP contribution in [0, 0.1) is 5.92 Å². The fraction of sp³-hybridized carbons (Fsp3) is 0.900. The Balaban J connectivity index is 1.85. The lowest BCUT2D eigenvalue weighted by atomic mass is 9.80. The van der Waals surface area contributed by atoms with Crippen LogP contribution in [0.5, 0.6) is 0 Å². The lowest BCUT2D eigenvalue weighted by molar-refractivity contribution is -0.167. The molecule has 0 radical (unpaired) electrons. The molecule has 3 heteroatoms. The predicted octanol–water partition coefficient (Wildman–Crippen LogP) is 4.38. The molecular formula is C20H34O3. The number of aliphatic hydroxyl groups is 1. The Morgan fingerprint density at radius 3 is 2.61 bits per heavy atom. The third-order valence-corrected chi connectivity index (χ3v) is 6.75. The van der Waals surface area contributed by atoms with Gasteiger partial charge in [0.25, 0.3) is 0 Å². The first-order valence-corrected chi connectivity index (χ1v) is 9.41. The van der Waals surface area contributed by atoms with Crippen LogP contribution in [-0.4, -0.2) is 34.1 Å². The molecule has 3 rings (SSSR count). The molecule has 2 fully saturated rings. The van der Waals surface area contributed by atoms with E-state index >= 15 is 0 Å². The van der Waals surface area contributed by atoms with Crippen LogP contribution in [0.25, 0.3) is 0 Å². The Morgan fingerprint density at radius 1 is 1.17 bits per heavy atom. The molecule has 0 saturated carbocycles. The molecule has 23 heavy (non-hydrogen) atoms. The number of epoxide rings is 1. The van der Waals surface area contributed by atoms with E-state index in [0.717, 1.165) is 44.9 Å². The summed E-state index contributed by atoms with van der Waals surface area (Å²) in [6.45, 7) is 11.0. The number of fused-ring (bicyclic) bond motifs is 3. The summed E-state index contributed by atoms with van der Waals surface area (Å²) in [5.41, 5.74) is 0.840. The summed E-state index contributed by atoms with van der Waals surface area (Å²) < 4.78 is 12.8. The van der Waals surface area contributed by atoms with Gasteiger partial charge in [0.05, 0.1) is 29.0 Å². The smallest absolute Gasteiger partial charge is 0.0924 e. The van der Waals surface area contributed by atoms with Gasteiger partial charge in [-0.25, -0.2) is 0 Å². The van der Waals surface area contributed by atoms with Crippen molar-refractivity contribution in [2.24, 2.45) is 5.92 Å². The lowest BCUT2D eigenvalue weighted by Gasteiger charge is -2.38. The second-order valence-electron chi connectivity index (χ2n) is 8.90. The van der Waals surface area contributed by atoms with Gasteiger partial charge in [-0.1, -0.05) is 25.5 Å². The van der Waals surface area contributed by atoms with E-state index in [-0.39, 0.29) is 11.2 Å². The summed E-state index contributed by atoms with van der Waals surface area (Å²) >= 11 is 0. The second kappa shape index (κ2) is 5.86. The third kappa shape index (κ3) is 3.25. The molecule has 3 nitrogen and oxygen atoms in total. The normalized spacial score (nSPS) is 50.3. The summed E-state index contributed by atoms with van der Waals surface area (Å²) in [5, 5.41) is 10.8. The summed E-state index contributed by atoms with van der Waals surface area (Å²) in [6, 6.07) is 0. The zero-order chi connectivity index (χ0) is 16.9. The quantitative estimate of drug-likeness (QED) is 0.575. The van der Waals surface area contributed by atoms with Gasteiger partial charge < -0.3 is 14.6 Å². The molecule has 5 atom stereocenters. The first kappa shape index (κ1) is 17.4. The van der Waals surface area contributed by atoms with Gasteiger partial charge in [-0.3, -0.25) is 0 Å².